The Balaban J connectivity index is 0. The smallest absolute Gasteiger partial charge is 1.00 e. The Morgan fingerprint density at radius 1 is 1.06 bits per heavy atom. The first kappa shape index (κ1) is 33.9. The van der Waals surface area contributed by atoms with Gasteiger partial charge in [-0.3, -0.25) is 27.9 Å². The molecule has 12 heteroatoms. The zero-order chi connectivity index (χ0) is 22.9. The maximum Gasteiger partial charge on any atom is 1.00 e. The number of carbonyl (C=O) groups excluding carboxylic acids is 4. The van der Waals surface area contributed by atoms with E-state index in [0.29, 0.717) is 32.5 Å². The van der Waals surface area contributed by atoms with Crippen LogP contribution < -0.4 is 56.1 Å². The molecule has 0 spiro atoms. The van der Waals surface area contributed by atoms with Crippen molar-refractivity contribution in [1.29, 1.82) is 0 Å². The number of amides is 1. The summed E-state index contributed by atoms with van der Waals surface area (Å²) in [6, 6.07) is -0.282. The van der Waals surface area contributed by atoms with Crippen LogP contribution in [0.15, 0.2) is 0 Å². The molecule has 1 aliphatic rings. The average molecular weight is 488 g/mol. The van der Waals surface area contributed by atoms with Gasteiger partial charge in [0.25, 0.3) is 0 Å². The van der Waals surface area contributed by atoms with Crippen LogP contribution in [0.3, 0.4) is 0 Å². The molecule has 0 aliphatic carbocycles. The normalized spacial score (nSPS) is 16.4. The Kier molecular flexibility index (Phi) is 17.3. The molecular formula is C20H33BF3KN2O5. The predicted molar refractivity (Wildman–Crippen MR) is 109 cm³/mol. The van der Waals surface area contributed by atoms with Crippen LogP contribution in [0.25, 0.3) is 0 Å². The maximum absolute atomic E-state index is 12.5. The van der Waals surface area contributed by atoms with Gasteiger partial charge in [0, 0.05) is 45.8 Å². The molecule has 0 radical (unpaired) electrons. The monoisotopic (exact) mass is 488 g/mol. The number of nitrogens with zero attached hydrogens (tertiary/aromatic N) is 2. The van der Waals surface area contributed by atoms with Crippen molar-refractivity contribution in [2.75, 3.05) is 32.8 Å². The molecule has 1 heterocycles. The Morgan fingerprint density at radius 2 is 1.66 bits per heavy atom. The molecule has 7 nitrogen and oxygen atoms in total. The number of carbonyl (C=O) groups is 4. The first-order valence-electron chi connectivity index (χ1n) is 10.4. The van der Waals surface area contributed by atoms with E-state index in [2.05, 4.69) is 0 Å². The van der Waals surface area contributed by atoms with E-state index in [-0.39, 0.29) is 112 Å². The second kappa shape index (κ2) is 16.4. The van der Waals surface area contributed by atoms with Crippen molar-refractivity contribution < 1.29 is 88.6 Å². The molecule has 1 rings (SSSR count). The van der Waals surface area contributed by atoms with E-state index in [1.54, 1.807) is 4.90 Å². The summed E-state index contributed by atoms with van der Waals surface area (Å²) < 4.78 is 29.5. The molecule has 32 heavy (non-hydrogen) atoms. The van der Waals surface area contributed by atoms with Gasteiger partial charge in [0.15, 0.2) is 5.68 Å². The molecule has 1 amide bonds. The van der Waals surface area contributed by atoms with Crippen LogP contribution >= 0.6 is 0 Å². The number of Topliss-reactive ketones (excluding diaryl/α,β-unsaturated/α-hetero) is 1. The van der Waals surface area contributed by atoms with E-state index in [0.717, 1.165) is 0 Å². The van der Waals surface area contributed by atoms with Gasteiger partial charge in [0.1, 0.15) is 12.4 Å². The third-order valence-corrected chi connectivity index (χ3v) is 4.85. The largest absolute Gasteiger partial charge is 1.00 e. The Bertz CT molecular complexity index is 635. The predicted octanol–water partition coefficient (Wildman–Crippen LogP) is -3.83. The van der Waals surface area contributed by atoms with Crippen molar-refractivity contribution >= 4 is 30.6 Å². The number of ether oxygens (including phenoxy) is 1. The van der Waals surface area contributed by atoms with Crippen LogP contribution in [0.5, 0.6) is 0 Å². The van der Waals surface area contributed by atoms with Crippen molar-refractivity contribution in [3.05, 3.63) is 0 Å². The fraction of sp³-hybridized carbons (Fsp3) is 0.800. The van der Waals surface area contributed by atoms with E-state index in [9.17, 15) is 27.8 Å². The first-order valence-corrected chi connectivity index (χ1v) is 10.4. The van der Waals surface area contributed by atoms with Crippen molar-refractivity contribution in [1.82, 2.24) is 9.80 Å². The summed E-state index contributed by atoms with van der Waals surface area (Å²) in [6.07, 6.45) is 0.969. The average Bonchev–Trinajstić information content (AvgIpc) is 2.62. The number of rotatable bonds is 11. The van der Waals surface area contributed by atoms with Crippen LogP contribution in [0, 0.1) is 5.41 Å². The number of hydrogen-bond donors (Lipinski definition) is 0. The van der Waals surface area contributed by atoms with Gasteiger partial charge in [0.2, 0.25) is 5.91 Å². The number of halogens is 3. The number of unbranched alkanes of at least 4 members (excludes halogenated alkanes) is 1. The van der Waals surface area contributed by atoms with Crippen LogP contribution in [0.4, 0.5) is 8.63 Å². The first-order chi connectivity index (χ1) is 13.9. The van der Waals surface area contributed by atoms with Crippen molar-refractivity contribution in [3.8, 4) is 0 Å². The summed E-state index contributed by atoms with van der Waals surface area (Å²) in [7, 11) is -2.96. The summed E-state index contributed by atoms with van der Waals surface area (Å²) in [5, 5.41) is 0. The molecule has 0 aromatic heterocycles. The van der Waals surface area contributed by atoms with Gasteiger partial charge in [0.05, 0.1) is 12.6 Å². The van der Waals surface area contributed by atoms with E-state index >= 15 is 0 Å². The summed E-state index contributed by atoms with van der Waals surface area (Å²) in [4.78, 5) is 50.6. The third-order valence-electron chi connectivity index (χ3n) is 4.85. The van der Waals surface area contributed by atoms with Crippen LogP contribution in [-0.4, -0.2) is 79.2 Å². The molecule has 178 valence electrons. The number of esters is 1. The minimum Gasteiger partial charge on any atom is -1.00 e. The Labute approximate surface area is 231 Å². The second-order valence-electron chi connectivity index (χ2n) is 9.02. The van der Waals surface area contributed by atoms with Gasteiger partial charge in [-0.2, -0.15) is 0 Å². The summed E-state index contributed by atoms with van der Waals surface area (Å²) >= 11 is 0. The maximum atomic E-state index is 12.5. The molecule has 0 aromatic rings. The fourth-order valence-corrected chi connectivity index (χ4v) is 3.42. The molecule has 1 aliphatic heterocycles. The van der Waals surface area contributed by atoms with Crippen LogP contribution in [-0.2, 0) is 23.9 Å². The standard InChI is InChI=1S/C20H33BF2N2O5.FH.K/c1-15(26)30-14-16-12-25(19(29)8-6-5-7-18(28)21(22)23)10-9-24(16)13-17(27)11-20(2,3)4;;/h16H,5-14H2,1-4H3;1H;/q;;+1/p-1. The second-order valence-corrected chi connectivity index (χ2v) is 9.02. The van der Waals surface area contributed by atoms with E-state index in [1.807, 2.05) is 25.7 Å². The minimum absolute atomic E-state index is 0. The van der Waals surface area contributed by atoms with Crippen LogP contribution in [0.1, 0.15) is 59.8 Å². The van der Waals surface area contributed by atoms with Gasteiger partial charge in [-0.15, -0.1) is 0 Å². The quantitative estimate of drug-likeness (QED) is 0.169. The zero-order valence-corrected chi connectivity index (χ0v) is 22.9. The van der Waals surface area contributed by atoms with Gasteiger partial charge in [-0.05, 0) is 18.3 Å². The van der Waals surface area contributed by atoms with Crippen molar-refractivity contribution in [3.63, 3.8) is 0 Å². The minimum atomic E-state index is -2.96. The number of piperazine rings is 1. The topological polar surface area (TPSA) is 84.0 Å². The fourth-order valence-electron chi connectivity index (χ4n) is 3.42. The number of hydrogen-bond acceptors (Lipinski definition) is 6. The van der Waals surface area contributed by atoms with E-state index < -0.39 is 18.9 Å². The summed E-state index contributed by atoms with van der Waals surface area (Å²) in [5.41, 5.74) is -1.22. The van der Waals surface area contributed by atoms with Gasteiger partial charge in [-0.25, -0.2) is 0 Å². The summed E-state index contributed by atoms with van der Waals surface area (Å²) in [5.74, 6) is -0.463. The van der Waals surface area contributed by atoms with Crippen LogP contribution in [0.2, 0.25) is 0 Å². The zero-order valence-electron chi connectivity index (χ0n) is 19.8. The van der Waals surface area contributed by atoms with E-state index in [1.165, 1.54) is 6.92 Å². The molecule has 1 saturated heterocycles. The van der Waals surface area contributed by atoms with Gasteiger partial charge in [-0.1, -0.05) is 20.8 Å². The molecule has 0 bridgehead atoms. The molecular weight excluding hydrogens is 455 g/mol. The molecule has 0 aromatic carbocycles. The van der Waals surface area contributed by atoms with Crippen molar-refractivity contribution in [2.24, 2.45) is 5.41 Å². The Hall–Kier alpha value is -0.269. The molecule has 1 fully saturated rings. The molecule has 0 N–H and O–H groups in total. The molecule has 1 atom stereocenters. The molecule has 1 unspecified atom stereocenters. The van der Waals surface area contributed by atoms with Gasteiger partial charge >= 0.3 is 64.6 Å². The van der Waals surface area contributed by atoms with Crippen molar-refractivity contribution in [2.45, 2.75) is 65.8 Å². The SMILES string of the molecule is CC(=O)OCC1CN(C(=O)CCCCC(=O)B(F)F)CCN1CC(=O)CC(C)(C)C.[F-].[K+]. The van der Waals surface area contributed by atoms with E-state index in [4.69, 9.17) is 4.74 Å². The van der Waals surface area contributed by atoms with Gasteiger partial charge < -0.3 is 19.1 Å². The Morgan fingerprint density at radius 3 is 2.19 bits per heavy atom. The summed E-state index contributed by atoms with van der Waals surface area (Å²) in [6.45, 7) is 8.86. The molecule has 0 saturated carbocycles. The third kappa shape index (κ3) is 14.1. The number of ketones is 1.